The van der Waals surface area contributed by atoms with E-state index in [1.165, 1.54) is 52.6 Å². The van der Waals surface area contributed by atoms with Gasteiger partial charge < -0.3 is 16.0 Å². The number of benzene rings is 3. The summed E-state index contributed by atoms with van der Waals surface area (Å²) in [5.74, 6) is 1.61. The van der Waals surface area contributed by atoms with Crippen LogP contribution in [0.2, 0.25) is 0 Å². The molecule has 0 aromatic heterocycles. The average Bonchev–Trinajstić information content (AvgIpc) is 2.98. The van der Waals surface area contributed by atoms with Gasteiger partial charge in [0, 0.05) is 35.0 Å². The first-order valence-corrected chi connectivity index (χ1v) is 15.9. The van der Waals surface area contributed by atoms with Crippen molar-refractivity contribution < 1.29 is 0 Å². The number of thioether (sulfide) groups is 1. The highest BCUT2D eigenvalue weighted by atomic mass is 32.2. The van der Waals surface area contributed by atoms with E-state index in [0.29, 0.717) is 29.3 Å². The van der Waals surface area contributed by atoms with Crippen LogP contribution in [0.25, 0.3) is 0 Å². The Morgan fingerprint density at radius 3 is 1.76 bits per heavy atom. The zero-order chi connectivity index (χ0) is 25.7. The maximum Gasteiger partial charge on any atom is 0.0414 e. The molecule has 4 unspecified atom stereocenters. The summed E-state index contributed by atoms with van der Waals surface area (Å²) in [4.78, 5) is 0. The molecule has 6 rings (SSSR count). The quantitative estimate of drug-likeness (QED) is 0.296. The largest absolute Gasteiger partial charge is 0.309 e. The molecular weight excluding hydrogens is 482 g/mol. The van der Waals surface area contributed by atoms with Crippen LogP contribution in [0, 0.1) is 5.92 Å². The van der Waals surface area contributed by atoms with Crippen LogP contribution in [0.5, 0.6) is 0 Å². The Labute approximate surface area is 233 Å². The van der Waals surface area contributed by atoms with Crippen molar-refractivity contribution in [1.29, 1.82) is 0 Å². The minimum Gasteiger partial charge on any atom is -0.309 e. The highest BCUT2D eigenvalue weighted by molar-refractivity contribution is 7.99. The van der Waals surface area contributed by atoms with Gasteiger partial charge in [0.05, 0.1) is 0 Å². The summed E-state index contributed by atoms with van der Waals surface area (Å²) in [5, 5.41) is 12.5. The molecule has 3 nitrogen and oxygen atoms in total. The molecule has 3 aliphatic rings. The van der Waals surface area contributed by atoms with Gasteiger partial charge in [-0.25, -0.2) is 0 Å². The third-order valence-corrected chi connectivity index (χ3v) is 10.5. The summed E-state index contributed by atoms with van der Waals surface area (Å²) < 4.78 is 0. The first-order valence-electron chi connectivity index (χ1n) is 14.9. The molecule has 0 bridgehead atoms. The summed E-state index contributed by atoms with van der Waals surface area (Å²) in [6.07, 6.45) is 7.20. The van der Waals surface area contributed by atoms with Gasteiger partial charge in [0.15, 0.2) is 0 Å². The summed E-state index contributed by atoms with van der Waals surface area (Å²) in [5.41, 5.74) is 9.16. The van der Waals surface area contributed by atoms with Crippen molar-refractivity contribution in [3.8, 4) is 0 Å². The molecular formula is C34H43N3S. The number of fused-ring (bicyclic) bond motifs is 3. The normalized spacial score (nSPS) is 24.1. The molecule has 38 heavy (non-hydrogen) atoms. The van der Waals surface area contributed by atoms with Crippen LogP contribution in [-0.2, 0) is 19.3 Å². The minimum absolute atomic E-state index is 0.365. The van der Waals surface area contributed by atoms with Crippen LogP contribution in [0.1, 0.15) is 77.7 Å². The van der Waals surface area contributed by atoms with E-state index in [1.807, 2.05) is 0 Å². The molecule has 0 spiro atoms. The second kappa shape index (κ2) is 12.4. The molecule has 3 aromatic rings. The predicted molar refractivity (Wildman–Crippen MR) is 162 cm³/mol. The van der Waals surface area contributed by atoms with Crippen molar-refractivity contribution in [1.82, 2.24) is 16.0 Å². The zero-order valence-corrected chi connectivity index (χ0v) is 23.6. The lowest BCUT2D eigenvalue weighted by molar-refractivity contribution is 0.245. The first kappa shape index (κ1) is 26.1. The average molecular weight is 526 g/mol. The Morgan fingerprint density at radius 1 is 0.684 bits per heavy atom. The van der Waals surface area contributed by atoms with E-state index in [4.69, 9.17) is 0 Å². The van der Waals surface area contributed by atoms with Crippen LogP contribution >= 0.6 is 11.8 Å². The van der Waals surface area contributed by atoms with Gasteiger partial charge in [-0.3, -0.25) is 0 Å². The maximum atomic E-state index is 4.05. The van der Waals surface area contributed by atoms with Gasteiger partial charge in [-0.15, -0.1) is 0 Å². The number of hydrogen-bond acceptors (Lipinski definition) is 4. The molecule has 0 aliphatic carbocycles. The number of unbranched alkanes of at least 4 members (excludes halogenated alkanes) is 1. The van der Waals surface area contributed by atoms with Crippen molar-refractivity contribution in [2.24, 2.45) is 5.92 Å². The Hall–Kier alpha value is -2.11. The van der Waals surface area contributed by atoms with Gasteiger partial charge in [-0.05, 0) is 78.7 Å². The fourth-order valence-corrected chi connectivity index (χ4v) is 8.74. The molecule has 3 aromatic carbocycles. The highest BCUT2D eigenvalue weighted by Gasteiger charge is 2.41. The van der Waals surface area contributed by atoms with E-state index in [1.54, 1.807) is 0 Å². The van der Waals surface area contributed by atoms with E-state index in [0.717, 1.165) is 44.6 Å². The second-order valence-electron chi connectivity index (χ2n) is 11.3. The van der Waals surface area contributed by atoms with Gasteiger partial charge >= 0.3 is 0 Å². The lowest BCUT2D eigenvalue weighted by Gasteiger charge is -2.44. The topological polar surface area (TPSA) is 36.1 Å². The molecule has 3 aliphatic heterocycles. The fraction of sp³-hybridized carbons (Fsp3) is 0.471. The number of rotatable bonds is 9. The summed E-state index contributed by atoms with van der Waals surface area (Å²) in [6, 6.07) is 28.7. The molecule has 0 saturated carbocycles. The molecule has 3 N–H and O–H groups in total. The molecule has 0 radical (unpaired) electrons. The van der Waals surface area contributed by atoms with Crippen LogP contribution in [0.3, 0.4) is 0 Å². The van der Waals surface area contributed by atoms with Crippen molar-refractivity contribution in [2.45, 2.75) is 68.8 Å². The Kier molecular flexibility index (Phi) is 8.51. The summed E-state index contributed by atoms with van der Waals surface area (Å²) >= 11 is 2.23. The smallest absolute Gasteiger partial charge is 0.0414 e. The molecule has 3 heterocycles. The highest BCUT2D eigenvalue weighted by Crippen LogP contribution is 2.46. The van der Waals surface area contributed by atoms with Crippen molar-refractivity contribution >= 4 is 11.8 Å². The number of hydrogen-bond donors (Lipinski definition) is 3. The van der Waals surface area contributed by atoms with E-state index in [2.05, 4.69) is 107 Å². The molecule has 4 atom stereocenters. The predicted octanol–water partition coefficient (Wildman–Crippen LogP) is 6.56. The molecule has 0 amide bonds. The molecule has 200 valence electrons. The van der Waals surface area contributed by atoms with Gasteiger partial charge in [0.2, 0.25) is 0 Å². The third-order valence-electron chi connectivity index (χ3n) is 9.03. The lowest BCUT2D eigenvalue weighted by Crippen LogP contribution is -2.47. The van der Waals surface area contributed by atoms with Gasteiger partial charge in [-0.1, -0.05) is 92.6 Å². The maximum absolute atomic E-state index is 4.05. The van der Waals surface area contributed by atoms with E-state index < -0.39 is 0 Å². The SMILES string of the molecule is CCCCC(SCC1NCCc2ccccc21)C(C1NCCc2ccccc21)C1NCCc2ccccc21. The Bertz CT molecular complexity index is 1150. The van der Waals surface area contributed by atoms with Crippen LogP contribution in [-0.4, -0.2) is 30.6 Å². The lowest BCUT2D eigenvalue weighted by atomic mass is 9.75. The van der Waals surface area contributed by atoms with Crippen LogP contribution in [0.15, 0.2) is 72.8 Å². The summed E-state index contributed by atoms with van der Waals surface area (Å²) in [6.45, 7) is 5.56. The number of nitrogens with one attached hydrogen (secondary N) is 3. The zero-order valence-electron chi connectivity index (χ0n) is 22.8. The van der Waals surface area contributed by atoms with E-state index >= 15 is 0 Å². The standard InChI is InChI=1S/C34H43N3S/c1-2-3-16-31(38-23-30-27-13-7-4-10-24(27)17-20-35-30)32(33-28-14-8-5-11-25(28)18-21-36-33)34-29-15-9-6-12-26(29)19-22-37-34/h4-15,30-37H,2-3,16-23H2,1H3. The Balaban J connectivity index is 1.36. The summed E-state index contributed by atoms with van der Waals surface area (Å²) in [7, 11) is 0. The van der Waals surface area contributed by atoms with Crippen molar-refractivity contribution in [3.63, 3.8) is 0 Å². The van der Waals surface area contributed by atoms with Crippen molar-refractivity contribution in [3.05, 3.63) is 106 Å². The first-order chi connectivity index (χ1) is 18.8. The molecule has 4 heteroatoms. The second-order valence-corrected chi connectivity index (χ2v) is 12.6. The van der Waals surface area contributed by atoms with Crippen LogP contribution < -0.4 is 16.0 Å². The van der Waals surface area contributed by atoms with Gasteiger partial charge in [-0.2, -0.15) is 11.8 Å². The molecule has 0 fully saturated rings. The monoisotopic (exact) mass is 525 g/mol. The Morgan fingerprint density at radius 2 is 1.18 bits per heavy atom. The minimum atomic E-state index is 0.365. The van der Waals surface area contributed by atoms with Gasteiger partial charge in [0.25, 0.3) is 0 Å². The third kappa shape index (κ3) is 5.47. The molecule has 0 saturated heterocycles. The van der Waals surface area contributed by atoms with E-state index in [-0.39, 0.29) is 0 Å². The van der Waals surface area contributed by atoms with Crippen molar-refractivity contribution in [2.75, 3.05) is 25.4 Å². The van der Waals surface area contributed by atoms with Crippen LogP contribution in [0.4, 0.5) is 0 Å². The van der Waals surface area contributed by atoms with E-state index in [9.17, 15) is 0 Å². The fourth-order valence-electron chi connectivity index (χ4n) is 7.14. The van der Waals surface area contributed by atoms with Gasteiger partial charge in [0.1, 0.15) is 0 Å².